The topological polar surface area (TPSA) is 29.9 Å². The zero-order valence-electron chi connectivity index (χ0n) is 10.5. The van der Waals surface area contributed by atoms with Crippen molar-refractivity contribution in [2.24, 2.45) is 7.05 Å². The van der Waals surface area contributed by atoms with Crippen molar-refractivity contribution >= 4 is 11.8 Å². The van der Waals surface area contributed by atoms with Crippen molar-refractivity contribution in [2.45, 2.75) is 23.3 Å². The summed E-state index contributed by atoms with van der Waals surface area (Å²) < 4.78 is 15.5. The van der Waals surface area contributed by atoms with E-state index in [9.17, 15) is 4.39 Å². The lowest BCUT2D eigenvalue weighted by Crippen LogP contribution is -2.13. The molecule has 1 heterocycles. The smallest absolute Gasteiger partial charge is 0.128 e. The standard InChI is InChI=1S/C13H16FN3S/c1-3-15-8-11-12(14)5-4-6-13(11)18-10-7-16-17(2)9-10/h4-7,9,15H,3,8H2,1-2H3. The second kappa shape index (κ2) is 6.02. The zero-order valence-corrected chi connectivity index (χ0v) is 11.3. The van der Waals surface area contributed by atoms with Crippen molar-refractivity contribution in [3.8, 4) is 0 Å². The van der Waals surface area contributed by atoms with E-state index in [2.05, 4.69) is 10.4 Å². The lowest BCUT2D eigenvalue weighted by atomic mass is 10.2. The van der Waals surface area contributed by atoms with E-state index in [-0.39, 0.29) is 5.82 Å². The highest BCUT2D eigenvalue weighted by Crippen LogP contribution is 2.31. The molecule has 0 aliphatic rings. The van der Waals surface area contributed by atoms with Crippen LogP contribution in [0.25, 0.3) is 0 Å². The summed E-state index contributed by atoms with van der Waals surface area (Å²) in [5.41, 5.74) is 0.716. The van der Waals surface area contributed by atoms with Gasteiger partial charge in [-0.3, -0.25) is 4.68 Å². The first-order chi connectivity index (χ1) is 8.70. The number of rotatable bonds is 5. The Hall–Kier alpha value is -1.33. The summed E-state index contributed by atoms with van der Waals surface area (Å²) in [5, 5.41) is 7.28. The maximum Gasteiger partial charge on any atom is 0.128 e. The molecule has 0 bridgehead atoms. The largest absolute Gasteiger partial charge is 0.313 e. The lowest BCUT2D eigenvalue weighted by molar-refractivity contribution is 0.586. The molecule has 0 saturated carbocycles. The van der Waals surface area contributed by atoms with Gasteiger partial charge in [-0.15, -0.1) is 0 Å². The van der Waals surface area contributed by atoms with E-state index in [0.717, 1.165) is 16.3 Å². The molecule has 0 atom stereocenters. The van der Waals surface area contributed by atoms with Gasteiger partial charge in [-0.1, -0.05) is 24.8 Å². The molecule has 1 N–H and O–H groups in total. The van der Waals surface area contributed by atoms with E-state index < -0.39 is 0 Å². The van der Waals surface area contributed by atoms with Crippen molar-refractivity contribution in [3.63, 3.8) is 0 Å². The van der Waals surface area contributed by atoms with E-state index in [1.165, 1.54) is 17.8 Å². The number of nitrogens with zero attached hydrogens (tertiary/aromatic N) is 2. The van der Waals surface area contributed by atoms with Gasteiger partial charge in [0.25, 0.3) is 0 Å². The summed E-state index contributed by atoms with van der Waals surface area (Å²) in [6.07, 6.45) is 3.71. The normalized spacial score (nSPS) is 10.8. The van der Waals surface area contributed by atoms with Crippen LogP contribution in [0.15, 0.2) is 40.4 Å². The molecule has 96 valence electrons. The Kier molecular flexibility index (Phi) is 4.38. The Morgan fingerprint density at radius 1 is 1.44 bits per heavy atom. The van der Waals surface area contributed by atoms with Gasteiger partial charge in [-0.2, -0.15) is 5.10 Å². The predicted molar refractivity (Wildman–Crippen MR) is 71.1 cm³/mol. The lowest BCUT2D eigenvalue weighted by Gasteiger charge is -2.09. The molecule has 18 heavy (non-hydrogen) atoms. The van der Waals surface area contributed by atoms with Crippen LogP contribution in [0.1, 0.15) is 12.5 Å². The Morgan fingerprint density at radius 3 is 2.94 bits per heavy atom. The fourth-order valence-electron chi connectivity index (χ4n) is 1.63. The first-order valence-corrected chi connectivity index (χ1v) is 6.67. The molecular weight excluding hydrogens is 249 g/mol. The Bertz CT molecular complexity index is 525. The van der Waals surface area contributed by atoms with Crippen LogP contribution in [0.4, 0.5) is 4.39 Å². The van der Waals surface area contributed by atoms with Gasteiger partial charge in [0.2, 0.25) is 0 Å². The number of benzene rings is 1. The fourth-order valence-corrected chi connectivity index (χ4v) is 2.63. The minimum absolute atomic E-state index is 0.162. The highest BCUT2D eigenvalue weighted by atomic mass is 32.2. The van der Waals surface area contributed by atoms with E-state index in [1.54, 1.807) is 16.9 Å². The summed E-state index contributed by atoms with van der Waals surface area (Å²) in [4.78, 5) is 1.95. The maximum absolute atomic E-state index is 13.8. The SMILES string of the molecule is CCNCc1c(F)cccc1Sc1cnn(C)c1. The molecule has 5 heteroatoms. The minimum atomic E-state index is -0.162. The molecule has 1 aromatic carbocycles. The third-order valence-corrected chi connectivity index (χ3v) is 3.59. The molecule has 0 amide bonds. The number of hydrogen-bond donors (Lipinski definition) is 1. The number of halogens is 1. The van der Waals surface area contributed by atoms with Crippen LogP contribution >= 0.6 is 11.8 Å². The van der Waals surface area contributed by atoms with Crippen LogP contribution < -0.4 is 5.32 Å². The third-order valence-electron chi connectivity index (χ3n) is 2.54. The van der Waals surface area contributed by atoms with Crippen LogP contribution in [0.5, 0.6) is 0 Å². The van der Waals surface area contributed by atoms with Crippen LogP contribution in [0.3, 0.4) is 0 Å². The van der Waals surface area contributed by atoms with Crippen molar-refractivity contribution in [1.29, 1.82) is 0 Å². The predicted octanol–water partition coefficient (Wildman–Crippen LogP) is 2.82. The molecule has 2 rings (SSSR count). The van der Waals surface area contributed by atoms with Gasteiger partial charge >= 0.3 is 0 Å². The van der Waals surface area contributed by atoms with Crippen LogP contribution in [-0.4, -0.2) is 16.3 Å². The van der Waals surface area contributed by atoms with Gasteiger partial charge in [0.15, 0.2) is 0 Å². The van der Waals surface area contributed by atoms with Crippen molar-refractivity contribution in [3.05, 3.63) is 42.0 Å². The van der Waals surface area contributed by atoms with Crippen LogP contribution in [-0.2, 0) is 13.6 Å². The summed E-state index contributed by atoms with van der Waals surface area (Å²) in [5.74, 6) is -0.162. The molecule has 0 radical (unpaired) electrons. The van der Waals surface area contributed by atoms with Gasteiger partial charge in [0.1, 0.15) is 5.82 Å². The van der Waals surface area contributed by atoms with E-state index in [0.29, 0.717) is 12.1 Å². The molecule has 2 aromatic rings. The Labute approximate surface area is 110 Å². The van der Waals surface area contributed by atoms with Crippen molar-refractivity contribution < 1.29 is 4.39 Å². The molecule has 0 aliphatic carbocycles. The summed E-state index contributed by atoms with van der Waals surface area (Å²) in [7, 11) is 1.87. The van der Waals surface area contributed by atoms with Crippen LogP contribution in [0.2, 0.25) is 0 Å². The molecule has 0 aliphatic heterocycles. The molecule has 0 unspecified atom stereocenters. The number of aromatic nitrogens is 2. The zero-order chi connectivity index (χ0) is 13.0. The molecule has 0 saturated heterocycles. The monoisotopic (exact) mass is 265 g/mol. The Morgan fingerprint density at radius 2 is 2.28 bits per heavy atom. The fraction of sp³-hybridized carbons (Fsp3) is 0.308. The van der Waals surface area contributed by atoms with Crippen molar-refractivity contribution in [1.82, 2.24) is 15.1 Å². The quantitative estimate of drug-likeness (QED) is 0.901. The average molecular weight is 265 g/mol. The highest BCUT2D eigenvalue weighted by molar-refractivity contribution is 7.99. The van der Waals surface area contributed by atoms with Gasteiger partial charge < -0.3 is 5.32 Å². The Balaban J connectivity index is 2.23. The second-order valence-electron chi connectivity index (χ2n) is 3.95. The van der Waals surface area contributed by atoms with Crippen molar-refractivity contribution in [2.75, 3.05) is 6.54 Å². The van der Waals surface area contributed by atoms with Gasteiger partial charge in [-0.05, 0) is 18.7 Å². The van der Waals surface area contributed by atoms with E-state index in [4.69, 9.17) is 0 Å². The molecule has 0 spiro atoms. The van der Waals surface area contributed by atoms with E-state index >= 15 is 0 Å². The maximum atomic E-state index is 13.8. The highest BCUT2D eigenvalue weighted by Gasteiger charge is 2.10. The second-order valence-corrected chi connectivity index (χ2v) is 5.06. The average Bonchev–Trinajstić information content (AvgIpc) is 2.74. The molecular formula is C13H16FN3S. The summed E-state index contributed by atoms with van der Waals surface area (Å²) in [6.45, 7) is 3.38. The van der Waals surface area contributed by atoms with Gasteiger partial charge in [0.05, 0.1) is 11.1 Å². The first kappa shape index (κ1) is 13.1. The molecule has 0 fully saturated rings. The van der Waals surface area contributed by atoms with E-state index in [1.807, 2.05) is 26.2 Å². The number of aryl methyl sites for hydroxylation is 1. The number of nitrogens with one attached hydrogen (secondary N) is 1. The number of hydrogen-bond acceptors (Lipinski definition) is 3. The minimum Gasteiger partial charge on any atom is -0.313 e. The van der Waals surface area contributed by atoms with Gasteiger partial charge in [-0.25, -0.2) is 4.39 Å². The first-order valence-electron chi connectivity index (χ1n) is 5.85. The summed E-state index contributed by atoms with van der Waals surface area (Å²) >= 11 is 1.54. The third kappa shape index (κ3) is 3.11. The summed E-state index contributed by atoms with van der Waals surface area (Å²) in [6, 6.07) is 5.18. The van der Waals surface area contributed by atoms with Gasteiger partial charge in [0, 0.05) is 30.2 Å². The molecule has 3 nitrogen and oxygen atoms in total. The van der Waals surface area contributed by atoms with Crippen LogP contribution in [0, 0.1) is 5.82 Å². The molecule has 1 aromatic heterocycles.